The number of nitrogens with zero attached hydrogens (tertiary/aromatic N) is 2. The third-order valence-electron chi connectivity index (χ3n) is 2.52. The van der Waals surface area contributed by atoms with Crippen molar-refractivity contribution in [1.29, 1.82) is 0 Å². The molecule has 0 aromatic carbocycles. The highest BCUT2D eigenvalue weighted by Gasteiger charge is 2.24. The van der Waals surface area contributed by atoms with Gasteiger partial charge in [-0.25, -0.2) is 0 Å². The first-order chi connectivity index (χ1) is 9.01. The second-order valence-corrected chi connectivity index (χ2v) is 5.06. The minimum atomic E-state index is -0.717. The first kappa shape index (κ1) is 15.6. The fraction of sp³-hybridized carbons (Fsp3) is 0.500. The van der Waals surface area contributed by atoms with E-state index in [-0.39, 0.29) is 5.69 Å². The lowest BCUT2D eigenvalue weighted by Gasteiger charge is -2.20. The van der Waals surface area contributed by atoms with Gasteiger partial charge in [0.2, 0.25) is 0 Å². The van der Waals surface area contributed by atoms with Crippen LogP contribution in [0.5, 0.6) is 0 Å². The Bertz CT molecular complexity index is 445. The molecule has 1 atom stereocenters. The van der Waals surface area contributed by atoms with Crippen LogP contribution in [0.15, 0.2) is 18.7 Å². The third kappa shape index (κ3) is 4.02. The molecule has 7 heteroatoms. The number of thiophene rings is 1. The zero-order valence-corrected chi connectivity index (χ0v) is 11.9. The minimum absolute atomic E-state index is 0.0128. The summed E-state index contributed by atoms with van der Waals surface area (Å²) in [6, 6.07) is 1.42. The van der Waals surface area contributed by atoms with Crippen LogP contribution in [0.1, 0.15) is 17.9 Å². The summed E-state index contributed by atoms with van der Waals surface area (Å²) in [6.07, 6.45) is 0.965. The number of hydrogen-bond acceptors (Lipinski definition) is 6. The molecule has 1 aromatic rings. The van der Waals surface area contributed by atoms with Crippen molar-refractivity contribution >= 4 is 22.0 Å². The van der Waals surface area contributed by atoms with Crippen LogP contribution in [0.4, 0.5) is 10.7 Å². The van der Waals surface area contributed by atoms with Crippen molar-refractivity contribution in [3.05, 3.63) is 33.7 Å². The maximum Gasteiger partial charge on any atom is 0.304 e. The molecule has 106 valence electrons. The lowest BCUT2D eigenvalue weighted by Crippen LogP contribution is -2.27. The van der Waals surface area contributed by atoms with Gasteiger partial charge in [0.15, 0.2) is 5.00 Å². The number of ether oxygens (including phenoxy) is 1. The fourth-order valence-electron chi connectivity index (χ4n) is 1.59. The Kier molecular flexibility index (Phi) is 5.94. The number of aliphatic hydroxyl groups is 1. The Hall–Kier alpha value is -1.44. The normalized spacial score (nSPS) is 12.2. The highest BCUT2D eigenvalue weighted by molar-refractivity contribution is 7.16. The molecule has 0 aliphatic heterocycles. The Morgan fingerprint density at radius 1 is 1.74 bits per heavy atom. The van der Waals surface area contributed by atoms with E-state index in [9.17, 15) is 15.2 Å². The van der Waals surface area contributed by atoms with Crippen LogP contribution in [-0.4, -0.2) is 36.8 Å². The van der Waals surface area contributed by atoms with Crippen molar-refractivity contribution < 1.29 is 14.8 Å². The molecule has 0 aliphatic carbocycles. The van der Waals surface area contributed by atoms with Gasteiger partial charge in [-0.05, 0) is 6.92 Å². The summed E-state index contributed by atoms with van der Waals surface area (Å²) >= 11 is 1.23. The summed E-state index contributed by atoms with van der Waals surface area (Å²) in [7, 11) is 1.58. The summed E-state index contributed by atoms with van der Waals surface area (Å²) in [4.78, 5) is 13.1. The predicted molar refractivity (Wildman–Crippen MR) is 75.9 cm³/mol. The third-order valence-corrected chi connectivity index (χ3v) is 3.88. The Morgan fingerprint density at radius 3 is 2.89 bits per heavy atom. The lowest BCUT2D eigenvalue weighted by atomic mass is 10.3. The SMILES string of the molecule is C=CCN(CCOC)c1sc(C(C)O)cc1[N+](=O)[O-]. The zero-order valence-electron chi connectivity index (χ0n) is 11.0. The molecule has 1 unspecified atom stereocenters. The topological polar surface area (TPSA) is 75.8 Å². The van der Waals surface area contributed by atoms with Crippen LogP contribution in [0, 0.1) is 10.1 Å². The van der Waals surface area contributed by atoms with Gasteiger partial charge in [0.1, 0.15) is 0 Å². The molecule has 1 N–H and O–H groups in total. The quantitative estimate of drug-likeness (QED) is 0.451. The number of rotatable bonds is 8. The van der Waals surface area contributed by atoms with E-state index >= 15 is 0 Å². The van der Waals surface area contributed by atoms with Gasteiger partial charge in [-0.2, -0.15) is 0 Å². The van der Waals surface area contributed by atoms with Crippen LogP contribution in [0.3, 0.4) is 0 Å². The van der Waals surface area contributed by atoms with E-state index in [4.69, 9.17) is 4.74 Å². The molecule has 0 radical (unpaired) electrons. The van der Waals surface area contributed by atoms with Crippen molar-refractivity contribution in [2.24, 2.45) is 0 Å². The van der Waals surface area contributed by atoms with Crippen LogP contribution in [0.25, 0.3) is 0 Å². The van der Waals surface area contributed by atoms with Gasteiger partial charge in [-0.3, -0.25) is 10.1 Å². The smallest absolute Gasteiger partial charge is 0.304 e. The molecule has 1 heterocycles. The largest absolute Gasteiger partial charge is 0.388 e. The first-order valence-electron chi connectivity index (χ1n) is 5.82. The molecule has 0 saturated carbocycles. The van der Waals surface area contributed by atoms with E-state index in [1.54, 1.807) is 20.1 Å². The highest BCUT2D eigenvalue weighted by Crippen LogP contribution is 2.39. The molecular formula is C12H18N2O4S. The van der Waals surface area contributed by atoms with Crippen LogP contribution < -0.4 is 4.90 Å². The van der Waals surface area contributed by atoms with E-state index < -0.39 is 11.0 Å². The molecule has 1 aromatic heterocycles. The van der Waals surface area contributed by atoms with Gasteiger partial charge in [0.05, 0.1) is 17.6 Å². The Balaban J connectivity index is 3.11. The number of nitro groups is 1. The van der Waals surface area contributed by atoms with Crippen molar-refractivity contribution in [3.63, 3.8) is 0 Å². The Morgan fingerprint density at radius 2 is 2.42 bits per heavy atom. The summed E-state index contributed by atoms with van der Waals surface area (Å²) < 4.78 is 5.00. The van der Waals surface area contributed by atoms with E-state index in [0.717, 1.165) is 0 Å². The summed E-state index contributed by atoms with van der Waals surface area (Å²) in [5.74, 6) is 0. The molecule has 6 nitrogen and oxygen atoms in total. The first-order valence-corrected chi connectivity index (χ1v) is 6.63. The van der Waals surface area contributed by atoms with Crippen molar-refractivity contribution in [3.8, 4) is 0 Å². The van der Waals surface area contributed by atoms with E-state index in [0.29, 0.717) is 29.6 Å². The summed E-state index contributed by atoms with van der Waals surface area (Å²) in [5.41, 5.74) is 0.0128. The average Bonchev–Trinajstić information content (AvgIpc) is 2.79. The van der Waals surface area contributed by atoms with Gasteiger partial charge in [-0.1, -0.05) is 6.08 Å². The molecule has 0 amide bonds. The second kappa shape index (κ2) is 7.22. The maximum atomic E-state index is 11.1. The number of hydrogen-bond donors (Lipinski definition) is 1. The second-order valence-electron chi connectivity index (χ2n) is 4.00. The molecule has 0 bridgehead atoms. The maximum absolute atomic E-state index is 11.1. The van der Waals surface area contributed by atoms with Crippen LogP contribution in [-0.2, 0) is 4.74 Å². The van der Waals surface area contributed by atoms with Gasteiger partial charge < -0.3 is 14.7 Å². The van der Waals surface area contributed by atoms with Crippen molar-refractivity contribution in [1.82, 2.24) is 0 Å². The minimum Gasteiger partial charge on any atom is -0.388 e. The zero-order chi connectivity index (χ0) is 14.4. The van der Waals surface area contributed by atoms with E-state index in [1.807, 2.05) is 4.90 Å². The molecule has 0 fully saturated rings. The molecular weight excluding hydrogens is 268 g/mol. The van der Waals surface area contributed by atoms with Crippen molar-refractivity contribution in [2.45, 2.75) is 13.0 Å². The number of aliphatic hydroxyl groups excluding tert-OH is 1. The molecule has 0 saturated heterocycles. The van der Waals surface area contributed by atoms with Crippen LogP contribution >= 0.6 is 11.3 Å². The van der Waals surface area contributed by atoms with Gasteiger partial charge in [-0.15, -0.1) is 17.9 Å². The monoisotopic (exact) mass is 286 g/mol. The van der Waals surface area contributed by atoms with Crippen molar-refractivity contribution in [2.75, 3.05) is 31.7 Å². The van der Waals surface area contributed by atoms with Gasteiger partial charge >= 0.3 is 5.69 Å². The van der Waals surface area contributed by atoms with Crippen LogP contribution in [0.2, 0.25) is 0 Å². The average molecular weight is 286 g/mol. The van der Waals surface area contributed by atoms with Gasteiger partial charge in [0, 0.05) is 31.1 Å². The summed E-state index contributed by atoms with van der Waals surface area (Å²) in [6.45, 7) is 6.73. The standard InChI is InChI=1S/C12H18N2O4S/c1-4-5-13(6-7-18-3)12-10(14(16)17)8-11(19-12)9(2)15/h4,8-9,15H,1,5-7H2,2-3H3. The molecule has 0 spiro atoms. The summed E-state index contributed by atoms with van der Waals surface area (Å²) in [5, 5.41) is 21.2. The highest BCUT2D eigenvalue weighted by atomic mass is 32.1. The lowest BCUT2D eigenvalue weighted by molar-refractivity contribution is -0.383. The fourth-order valence-corrected chi connectivity index (χ4v) is 2.68. The number of methoxy groups -OCH3 is 1. The predicted octanol–water partition coefficient (Wildman–Crippen LogP) is 2.35. The molecule has 19 heavy (non-hydrogen) atoms. The van der Waals surface area contributed by atoms with Gasteiger partial charge in [0.25, 0.3) is 0 Å². The van der Waals surface area contributed by atoms with E-state index in [2.05, 4.69) is 6.58 Å². The molecule has 0 aliphatic rings. The number of anilines is 1. The Labute approximate surface area is 116 Å². The molecule has 1 rings (SSSR count). The van der Waals surface area contributed by atoms with E-state index in [1.165, 1.54) is 17.4 Å².